The number of ketones is 1. The van der Waals surface area contributed by atoms with Crippen LogP contribution in [0.5, 0.6) is 0 Å². The number of rotatable bonds is 4. The number of carbonyl (C=O) groups excluding carboxylic acids is 1. The molecule has 1 aromatic rings. The van der Waals surface area contributed by atoms with Crippen molar-refractivity contribution in [1.29, 1.82) is 0 Å². The van der Waals surface area contributed by atoms with Gasteiger partial charge in [0.1, 0.15) is 12.2 Å². The maximum Gasteiger partial charge on any atom is 0.160 e. The molecule has 2 rings (SSSR count). The standard InChI is InChI=1S/C14H18BrNO3/c1-9(17)11-5-4-10(6-12(11)15)16-7-13(18-2)14(8-16)19-3/h4-6,13-14H,7-8H2,1-3H3. The molecule has 2 atom stereocenters. The van der Waals surface area contributed by atoms with Crippen LogP contribution in [0.1, 0.15) is 17.3 Å². The Hall–Kier alpha value is -0.910. The average molecular weight is 328 g/mol. The first-order chi connectivity index (χ1) is 9.06. The summed E-state index contributed by atoms with van der Waals surface area (Å²) in [6.45, 7) is 3.15. The summed E-state index contributed by atoms with van der Waals surface area (Å²) >= 11 is 3.45. The molecule has 0 aromatic heterocycles. The highest BCUT2D eigenvalue weighted by atomic mass is 79.9. The van der Waals surface area contributed by atoms with Gasteiger partial charge < -0.3 is 14.4 Å². The lowest BCUT2D eigenvalue weighted by molar-refractivity contribution is -0.00461. The Morgan fingerprint density at radius 3 is 2.26 bits per heavy atom. The number of ether oxygens (including phenoxy) is 2. The van der Waals surface area contributed by atoms with Crippen LogP contribution in [-0.2, 0) is 9.47 Å². The Labute approximate surface area is 121 Å². The van der Waals surface area contributed by atoms with Gasteiger partial charge in [0.2, 0.25) is 0 Å². The summed E-state index contributed by atoms with van der Waals surface area (Å²) in [5.74, 6) is 0.0596. The molecule has 1 aromatic carbocycles. The maximum atomic E-state index is 11.4. The fraction of sp³-hybridized carbons (Fsp3) is 0.500. The molecule has 0 amide bonds. The van der Waals surface area contributed by atoms with Crippen LogP contribution in [0.2, 0.25) is 0 Å². The second-order valence-electron chi connectivity index (χ2n) is 4.67. The molecule has 4 nitrogen and oxygen atoms in total. The van der Waals surface area contributed by atoms with E-state index in [1.807, 2.05) is 18.2 Å². The predicted molar refractivity (Wildman–Crippen MR) is 78.0 cm³/mol. The Morgan fingerprint density at radius 2 is 1.84 bits per heavy atom. The van der Waals surface area contributed by atoms with E-state index in [1.165, 1.54) is 0 Å². The molecule has 0 N–H and O–H groups in total. The molecule has 104 valence electrons. The summed E-state index contributed by atoms with van der Waals surface area (Å²) in [7, 11) is 3.41. The van der Waals surface area contributed by atoms with Crippen molar-refractivity contribution in [1.82, 2.24) is 0 Å². The topological polar surface area (TPSA) is 38.8 Å². The normalized spacial score (nSPS) is 22.8. The lowest BCUT2D eigenvalue weighted by atomic mass is 10.1. The molecule has 0 radical (unpaired) electrons. The zero-order chi connectivity index (χ0) is 14.0. The third-order valence-electron chi connectivity index (χ3n) is 3.52. The van der Waals surface area contributed by atoms with Gasteiger partial charge in [-0.15, -0.1) is 0 Å². The van der Waals surface area contributed by atoms with Crippen LogP contribution in [0.3, 0.4) is 0 Å². The predicted octanol–water partition coefficient (Wildman–Crippen LogP) is 2.50. The van der Waals surface area contributed by atoms with Gasteiger partial charge in [0.05, 0.1) is 0 Å². The number of methoxy groups -OCH3 is 2. The second kappa shape index (κ2) is 6.03. The highest BCUT2D eigenvalue weighted by Gasteiger charge is 2.33. The molecule has 1 saturated heterocycles. The van der Waals surface area contributed by atoms with Gasteiger partial charge in [-0.25, -0.2) is 0 Å². The number of halogens is 1. The molecule has 0 saturated carbocycles. The van der Waals surface area contributed by atoms with Crippen LogP contribution < -0.4 is 4.90 Å². The summed E-state index contributed by atoms with van der Waals surface area (Å²) in [6.07, 6.45) is 0.160. The van der Waals surface area contributed by atoms with Gasteiger partial charge in [-0.2, -0.15) is 0 Å². The number of hydrogen-bond donors (Lipinski definition) is 0. The number of anilines is 1. The number of nitrogens with zero attached hydrogens (tertiary/aromatic N) is 1. The number of hydrogen-bond acceptors (Lipinski definition) is 4. The second-order valence-corrected chi connectivity index (χ2v) is 5.53. The van der Waals surface area contributed by atoms with Gasteiger partial charge in [0.15, 0.2) is 5.78 Å². The van der Waals surface area contributed by atoms with Gasteiger partial charge >= 0.3 is 0 Å². The van der Waals surface area contributed by atoms with Crippen molar-refractivity contribution < 1.29 is 14.3 Å². The van der Waals surface area contributed by atoms with Crippen molar-refractivity contribution in [2.75, 3.05) is 32.2 Å². The van der Waals surface area contributed by atoms with Crippen LogP contribution in [0.4, 0.5) is 5.69 Å². The van der Waals surface area contributed by atoms with Gasteiger partial charge in [0.25, 0.3) is 0 Å². The molecule has 0 aliphatic carbocycles. The fourth-order valence-electron chi connectivity index (χ4n) is 2.39. The molecule has 1 heterocycles. The number of carbonyl (C=O) groups is 1. The van der Waals surface area contributed by atoms with Crippen LogP contribution in [0, 0.1) is 0 Å². The summed E-state index contributed by atoms with van der Waals surface area (Å²) in [5.41, 5.74) is 1.77. The SMILES string of the molecule is COC1CN(c2ccc(C(C)=O)c(Br)c2)CC1OC. The Morgan fingerprint density at radius 1 is 1.26 bits per heavy atom. The van der Waals surface area contributed by atoms with E-state index >= 15 is 0 Å². The first-order valence-electron chi connectivity index (χ1n) is 6.17. The number of benzene rings is 1. The molecule has 0 spiro atoms. The van der Waals surface area contributed by atoms with Crippen LogP contribution in [-0.4, -0.2) is 45.3 Å². The minimum Gasteiger partial charge on any atom is -0.377 e. The van der Waals surface area contributed by atoms with Gasteiger partial charge in [0, 0.05) is 43.0 Å². The minimum atomic E-state index is 0.0596. The zero-order valence-electron chi connectivity index (χ0n) is 11.4. The van der Waals surface area contributed by atoms with Crippen LogP contribution >= 0.6 is 15.9 Å². The first-order valence-corrected chi connectivity index (χ1v) is 6.97. The first kappa shape index (κ1) is 14.5. The Kier molecular flexibility index (Phi) is 4.60. The molecule has 1 aliphatic rings. The molecular weight excluding hydrogens is 310 g/mol. The third kappa shape index (κ3) is 2.99. The molecule has 1 fully saturated rings. The largest absolute Gasteiger partial charge is 0.377 e. The van der Waals surface area contributed by atoms with E-state index < -0.39 is 0 Å². The van der Waals surface area contributed by atoms with Gasteiger partial charge in [-0.3, -0.25) is 4.79 Å². The van der Waals surface area contributed by atoms with Crippen molar-refractivity contribution in [3.05, 3.63) is 28.2 Å². The van der Waals surface area contributed by atoms with Crippen molar-refractivity contribution in [3.8, 4) is 0 Å². The average Bonchev–Trinajstić information content (AvgIpc) is 2.81. The minimum absolute atomic E-state index is 0.0596. The Bertz CT molecular complexity index is 466. The molecule has 2 unspecified atom stereocenters. The van der Waals surface area contributed by atoms with Crippen molar-refractivity contribution in [2.24, 2.45) is 0 Å². The molecule has 19 heavy (non-hydrogen) atoms. The van der Waals surface area contributed by atoms with Crippen molar-refractivity contribution in [2.45, 2.75) is 19.1 Å². The molecule has 5 heteroatoms. The van der Waals surface area contributed by atoms with E-state index in [-0.39, 0.29) is 18.0 Å². The fourth-order valence-corrected chi connectivity index (χ4v) is 3.04. The lowest BCUT2D eigenvalue weighted by Crippen LogP contribution is -2.27. The van der Waals surface area contributed by atoms with E-state index in [0.717, 1.165) is 23.2 Å². The van der Waals surface area contributed by atoms with E-state index in [1.54, 1.807) is 21.1 Å². The number of Topliss-reactive ketones (excluding diaryl/α,β-unsaturated/α-hetero) is 1. The smallest absolute Gasteiger partial charge is 0.160 e. The molecule has 0 bridgehead atoms. The van der Waals surface area contributed by atoms with E-state index in [4.69, 9.17) is 9.47 Å². The summed E-state index contributed by atoms with van der Waals surface area (Å²) in [6, 6.07) is 5.79. The quantitative estimate of drug-likeness (QED) is 0.796. The monoisotopic (exact) mass is 327 g/mol. The zero-order valence-corrected chi connectivity index (χ0v) is 12.9. The summed E-state index contributed by atoms with van der Waals surface area (Å²) in [5, 5.41) is 0. The van der Waals surface area contributed by atoms with Crippen LogP contribution in [0.15, 0.2) is 22.7 Å². The highest BCUT2D eigenvalue weighted by Crippen LogP contribution is 2.28. The summed E-state index contributed by atoms with van der Waals surface area (Å²) in [4.78, 5) is 13.6. The lowest BCUT2D eigenvalue weighted by Gasteiger charge is -2.19. The van der Waals surface area contributed by atoms with Crippen LogP contribution in [0.25, 0.3) is 0 Å². The van der Waals surface area contributed by atoms with Crippen molar-refractivity contribution in [3.63, 3.8) is 0 Å². The summed E-state index contributed by atoms with van der Waals surface area (Å²) < 4.78 is 11.7. The van der Waals surface area contributed by atoms with Gasteiger partial charge in [-0.05, 0) is 41.1 Å². The Balaban J connectivity index is 2.20. The third-order valence-corrected chi connectivity index (χ3v) is 4.17. The van der Waals surface area contributed by atoms with E-state index in [9.17, 15) is 4.79 Å². The molecule has 1 aliphatic heterocycles. The van der Waals surface area contributed by atoms with Gasteiger partial charge in [-0.1, -0.05) is 0 Å². The van der Waals surface area contributed by atoms with Crippen molar-refractivity contribution >= 4 is 27.4 Å². The maximum absolute atomic E-state index is 11.4. The van der Waals surface area contributed by atoms with E-state index in [2.05, 4.69) is 20.8 Å². The molecular formula is C14H18BrNO3. The van der Waals surface area contributed by atoms with E-state index in [0.29, 0.717) is 5.56 Å². The highest BCUT2D eigenvalue weighted by molar-refractivity contribution is 9.10.